The maximum Gasteiger partial charge on any atom is 0.0625 e. The van der Waals surface area contributed by atoms with Crippen LogP contribution in [0.5, 0.6) is 0 Å². The number of rotatable bonds is 2. The number of hydrogen-bond donors (Lipinski definition) is 0. The molecule has 8 aromatic rings. The molecule has 1 aliphatic rings. The van der Waals surface area contributed by atoms with Gasteiger partial charge in [-0.1, -0.05) is 115 Å². The molecule has 39 heavy (non-hydrogen) atoms. The van der Waals surface area contributed by atoms with Crippen molar-refractivity contribution in [1.29, 1.82) is 0 Å². The van der Waals surface area contributed by atoms with E-state index in [1.807, 2.05) is 0 Å². The predicted octanol–water partition coefficient (Wildman–Crippen LogP) is 10.4. The van der Waals surface area contributed by atoms with Gasteiger partial charge in [0.05, 0.1) is 11.0 Å². The summed E-state index contributed by atoms with van der Waals surface area (Å²) in [6.07, 6.45) is 0. The number of benzene rings is 7. The number of hydrogen-bond acceptors (Lipinski definition) is 0. The summed E-state index contributed by atoms with van der Waals surface area (Å²) in [6.45, 7) is 0. The Balaban J connectivity index is 1.47. The van der Waals surface area contributed by atoms with Crippen LogP contribution < -0.4 is 0 Å². The van der Waals surface area contributed by atoms with Crippen molar-refractivity contribution in [2.75, 3.05) is 0 Å². The molecular formula is C38H23N. The van der Waals surface area contributed by atoms with Crippen LogP contribution in [0.2, 0.25) is 0 Å². The van der Waals surface area contributed by atoms with Crippen LogP contribution in [0.4, 0.5) is 0 Å². The van der Waals surface area contributed by atoms with Gasteiger partial charge in [0.15, 0.2) is 0 Å². The summed E-state index contributed by atoms with van der Waals surface area (Å²) in [4.78, 5) is 0. The van der Waals surface area contributed by atoms with Gasteiger partial charge < -0.3 is 4.57 Å². The van der Waals surface area contributed by atoms with Crippen molar-refractivity contribution in [1.82, 2.24) is 4.57 Å². The molecule has 7 aromatic carbocycles. The lowest BCUT2D eigenvalue weighted by molar-refractivity contribution is 1.19. The van der Waals surface area contributed by atoms with Crippen molar-refractivity contribution in [3.05, 3.63) is 140 Å². The first kappa shape index (κ1) is 20.9. The molecule has 0 amide bonds. The highest BCUT2D eigenvalue weighted by atomic mass is 15.0. The van der Waals surface area contributed by atoms with Gasteiger partial charge in [-0.2, -0.15) is 0 Å². The summed E-state index contributed by atoms with van der Waals surface area (Å²) in [6, 6.07) is 51.2. The molecule has 0 radical (unpaired) electrons. The van der Waals surface area contributed by atoms with Crippen molar-refractivity contribution in [2.24, 2.45) is 0 Å². The smallest absolute Gasteiger partial charge is 0.0625 e. The minimum atomic E-state index is 1.18. The quantitative estimate of drug-likeness (QED) is 0.226. The summed E-state index contributed by atoms with van der Waals surface area (Å²) < 4.78 is 2.49. The third kappa shape index (κ3) is 2.79. The predicted molar refractivity (Wildman–Crippen MR) is 166 cm³/mol. The van der Waals surface area contributed by atoms with Gasteiger partial charge in [-0.15, -0.1) is 0 Å². The Labute approximate surface area is 226 Å². The molecule has 1 heteroatoms. The topological polar surface area (TPSA) is 4.93 Å². The van der Waals surface area contributed by atoms with Crippen molar-refractivity contribution in [3.63, 3.8) is 0 Å². The lowest BCUT2D eigenvalue weighted by Crippen LogP contribution is -1.96. The third-order valence-electron chi connectivity index (χ3n) is 8.50. The first-order chi connectivity index (χ1) is 19.4. The van der Waals surface area contributed by atoms with Crippen LogP contribution in [0.15, 0.2) is 140 Å². The van der Waals surface area contributed by atoms with Gasteiger partial charge in [-0.05, 0) is 73.8 Å². The van der Waals surface area contributed by atoms with Crippen molar-refractivity contribution in [3.8, 4) is 39.1 Å². The number of nitrogens with zero attached hydrogens (tertiary/aromatic N) is 1. The largest absolute Gasteiger partial charge is 0.309 e. The van der Waals surface area contributed by atoms with E-state index >= 15 is 0 Å². The molecule has 0 bridgehead atoms. The molecule has 1 nitrogen and oxygen atoms in total. The van der Waals surface area contributed by atoms with Crippen molar-refractivity contribution in [2.45, 2.75) is 0 Å². The highest BCUT2D eigenvalue weighted by Gasteiger charge is 2.26. The fourth-order valence-electron chi connectivity index (χ4n) is 6.85. The van der Waals surface area contributed by atoms with Crippen LogP contribution in [0.25, 0.3) is 82.4 Å². The first-order valence-corrected chi connectivity index (χ1v) is 13.5. The molecule has 0 unspecified atom stereocenters. The van der Waals surface area contributed by atoms with Gasteiger partial charge in [0.2, 0.25) is 0 Å². The zero-order valence-corrected chi connectivity index (χ0v) is 21.2. The Morgan fingerprint density at radius 3 is 1.79 bits per heavy atom. The van der Waals surface area contributed by atoms with Crippen LogP contribution in [0.3, 0.4) is 0 Å². The third-order valence-corrected chi connectivity index (χ3v) is 8.50. The Bertz CT molecular complexity index is 2250. The molecule has 0 fully saturated rings. The van der Waals surface area contributed by atoms with E-state index in [-0.39, 0.29) is 0 Å². The molecule has 0 spiro atoms. The van der Waals surface area contributed by atoms with Crippen LogP contribution in [-0.2, 0) is 0 Å². The van der Waals surface area contributed by atoms with E-state index in [9.17, 15) is 0 Å². The lowest BCUT2D eigenvalue weighted by atomic mass is 9.92. The molecule has 1 aromatic heterocycles. The Kier molecular flexibility index (Phi) is 4.11. The van der Waals surface area contributed by atoms with Crippen LogP contribution in [0, 0.1) is 0 Å². The number of aromatic nitrogens is 1. The Hall–Kier alpha value is -5.14. The molecule has 0 aliphatic heterocycles. The Morgan fingerprint density at radius 2 is 1.00 bits per heavy atom. The minimum absolute atomic E-state index is 1.18. The summed E-state index contributed by atoms with van der Waals surface area (Å²) in [5, 5.41) is 7.86. The summed E-state index contributed by atoms with van der Waals surface area (Å²) in [7, 11) is 0. The molecule has 180 valence electrons. The van der Waals surface area contributed by atoms with Crippen LogP contribution in [-0.4, -0.2) is 4.57 Å². The van der Waals surface area contributed by atoms with E-state index in [0.29, 0.717) is 0 Å². The maximum atomic E-state index is 2.49. The van der Waals surface area contributed by atoms with Gasteiger partial charge in [-0.25, -0.2) is 0 Å². The van der Waals surface area contributed by atoms with Gasteiger partial charge in [0.1, 0.15) is 0 Å². The molecule has 0 saturated carbocycles. The molecule has 0 atom stereocenters. The van der Waals surface area contributed by atoms with Gasteiger partial charge in [-0.3, -0.25) is 0 Å². The molecule has 9 rings (SSSR count). The fourth-order valence-corrected chi connectivity index (χ4v) is 6.85. The van der Waals surface area contributed by atoms with Crippen LogP contribution in [0.1, 0.15) is 0 Å². The van der Waals surface area contributed by atoms with Crippen molar-refractivity contribution >= 4 is 43.4 Å². The van der Waals surface area contributed by atoms with Crippen LogP contribution >= 0.6 is 0 Å². The average Bonchev–Trinajstić information content (AvgIpc) is 3.30. The highest BCUT2D eigenvalue weighted by Crippen LogP contribution is 2.51. The first-order valence-electron chi connectivity index (χ1n) is 13.5. The number of fused-ring (bicyclic) bond motifs is 4. The van der Waals surface area contributed by atoms with Gasteiger partial charge in [0.25, 0.3) is 0 Å². The second kappa shape index (κ2) is 7.69. The van der Waals surface area contributed by atoms with E-state index in [0.717, 1.165) is 0 Å². The molecular weight excluding hydrogens is 470 g/mol. The summed E-state index contributed by atoms with van der Waals surface area (Å²) in [5.74, 6) is 0. The SMILES string of the molecule is c1ccc(-c2ccc(-n3c4cccc5c4c4c(cc6ccccc6c43)-c3cccc4cccc-5c34)cc2)cc1. The minimum Gasteiger partial charge on any atom is -0.309 e. The lowest BCUT2D eigenvalue weighted by Gasteiger charge is -2.15. The molecule has 0 N–H and O–H groups in total. The fraction of sp³-hybridized carbons (Fsp3) is 0. The maximum absolute atomic E-state index is 2.49. The van der Waals surface area contributed by atoms with Crippen molar-refractivity contribution < 1.29 is 0 Å². The monoisotopic (exact) mass is 493 g/mol. The molecule has 1 heterocycles. The second-order valence-corrected chi connectivity index (χ2v) is 10.5. The van der Waals surface area contributed by atoms with E-state index in [4.69, 9.17) is 0 Å². The Morgan fingerprint density at radius 1 is 0.385 bits per heavy atom. The van der Waals surface area contributed by atoms with E-state index < -0.39 is 0 Å². The zero-order valence-electron chi connectivity index (χ0n) is 21.2. The summed E-state index contributed by atoms with van der Waals surface area (Å²) in [5.41, 5.74) is 11.4. The molecule has 1 aliphatic carbocycles. The van der Waals surface area contributed by atoms with E-state index in [2.05, 4.69) is 144 Å². The zero-order chi connectivity index (χ0) is 25.5. The normalized spacial score (nSPS) is 12.1. The van der Waals surface area contributed by atoms with Gasteiger partial charge >= 0.3 is 0 Å². The van der Waals surface area contributed by atoms with E-state index in [1.54, 1.807) is 0 Å². The van der Waals surface area contributed by atoms with E-state index in [1.165, 1.54) is 82.4 Å². The highest BCUT2D eigenvalue weighted by molar-refractivity contribution is 6.31. The second-order valence-electron chi connectivity index (χ2n) is 10.5. The average molecular weight is 494 g/mol. The van der Waals surface area contributed by atoms with Gasteiger partial charge in [0, 0.05) is 21.8 Å². The summed E-state index contributed by atoms with van der Waals surface area (Å²) >= 11 is 0. The standard InChI is InChI=1S/C38H23N/c1-2-9-24(10-3-1)25-19-21-28(22-20-25)39-34-18-8-17-31-30-15-6-12-26-13-7-16-32(35(26)30)33-23-27-11-4-5-14-29(27)38(39)37(33)36(31)34/h1-23H. The molecule has 0 saturated heterocycles.